The SMILES string of the molecule is O=S(=O)(c1cc[c]cc1)c1ncccn1. The quantitative estimate of drug-likeness (QED) is 0.710. The number of aromatic nitrogens is 2. The van der Waals surface area contributed by atoms with Crippen LogP contribution < -0.4 is 0 Å². The summed E-state index contributed by atoms with van der Waals surface area (Å²) >= 11 is 0. The van der Waals surface area contributed by atoms with Crippen LogP contribution in [0, 0.1) is 6.07 Å². The second-order valence-corrected chi connectivity index (χ2v) is 4.61. The van der Waals surface area contributed by atoms with E-state index in [1.165, 1.54) is 36.7 Å². The highest BCUT2D eigenvalue weighted by molar-refractivity contribution is 7.91. The zero-order valence-corrected chi connectivity index (χ0v) is 8.48. The van der Waals surface area contributed by atoms with Crippen LogP contribution in [0.1, 0.15) is 0 Å². The molecule has 1 aromatic heterocycles. The lowest BCUT2D eigenvalue weighted by Crippen LogP contribution is -2.06. The third-order valence-electron chi connectivity index (χ3n) is 1.78. The number of nitrogens with zero attached hydrogens (tertiary/aromatic N) is 2. The molecule has 0 fully saturated rings. The molecule has 5 heteroatoms. The number of hydrogen-bond donors (Lipinski definition) is 0. The first-order chi connectivity index (χ1) is 7.21. The molecular weight excluding hydrogens is 212 g/mol. The Morgan fingerprint density at radius 2 is 1.67 bits per heavy atom. The fourth-order valence-electron chi connectivity index (χ4n) is 1.08. The molecule has 75 valence electrons. The molecule has 15 heavy (non-hydrogen) atoms. The first kappa shape index (κ1) is 9.79. The van der Waals surface area contributed by atoms with Gasteiger partial charge in [0.2, 0.25) is 9.84 Å². The normalized spacial score (nSPS) is 11.2. The molecule has 0 unspecified atom stereocenters. The van der Waals surface area contributed by atoms with Gasteiger partial charge in [-0.2, -0.15) is 0 Å². The van der Waals surface area contributed by atoms with Gasteiger partial charge in [-0.1, -0.05) is 12.1 Å². The standard InChI is InChI=1S/C10H7N2O2S/c13-15(14,9-5-2-1-3-6-9)10-11-7-4-8-12-10/h2-8H. The van der Waals surface area contributed by atoms with E-state index in [0.717, 1.165) is 0 Å². The van der Waals surface area contributed by atoms with Crippen LogP contribution in [0.25, 0.3) is 0 Å². The predicted molar refractivity (Wildman–Crippen MR) is 52.8 cm³/mol. The van der Waals surface area contributed by atoms with Crippen molar-refractivity contribution in [3.05, 3.63) is 48.8 Å². The van der Waals surface area contributed by atoms with E-state index in [1.807, 2.05) is 0 Å². The first-order valence-electron chi connectivity index (χ1n) is 4.19. The van der Waals surface area contributed by atoms with Crippen LogP contribution in [0.15, 0.2) is 52.8 Å². The molecule has 0 aliphatic carbocycles. The lowest BCUT2D eigenvalue weighted by molar-refractivity contribution is 0.587. The van der Waals surface area contributed by atoms with Gasteiger partial charge in [-0.05, 0) is 24.3 Å². The van der Waals surface area contributed by atoms with Crippen molar-refractivity contribution in [2.24, 2.45) is 0 Å². The molecule has 2 rings (SSSR count). The van der Waals surface area contributed by atoms with Crippen LogP contribution in [-0.2, 0) is 9.84 Å². The monoisotopic (exact) mass is 219 g/mol. The van der Waals surface area contributed by atoms with Crippen molar-refractivity contribution in [1.82, 2.24) is 9.97 Å². The highest BCUT2D eigenvalue weighted by Crippen LogP contribution is 2.15. The molecule has 1 heterocycles. The summed E-state index contributed by atoms with van der Waals surface area (Å²) in [7, 11) is -3.58. The zero-order valence-electron chi connectivity index (χ0n) is 7.66. The molecule has 2 aromatic rings. The van der Waals surface area contributed by atoms with Crippen molar-refractivity contribution in [2.45, 2.75) is 10.1 Å². The van der Waals surface area contributed by atoms with Crippen LogP contribution >= 0.6 is 0 Å². The van der Waals surface area contributed by atoms with Crippen LogP contribution in [0.3, 0.4) is 0 Å². The molecule has 0 atom stereocenters. The highest BCUT2D eigenvalue weighted by atomic mass is 32.2. The summed E-state index contributed by atoms with van der Waals surface area (Å²) in [5.41, 5.74) is 0. The molecule has 1 radical (unpaired) electrons. The Labute approximate surface area is 87.6 Å². The second-order valence-electron chi connectivity index (χ2n) is 2.77. The molecule has 0 aliphatic heterocycles. The molecule has 0 saturated carbocycles. The van der Waals surface area contributed by atoms with E-state index >= 15 is 0 Å². The molecule has 0 saturated heterocycles. The van der Waals surface area contributed by atoms with Crippen molar-refractivity contribution >= 4 is 9.84 Å². The van der Waals surface area contributed by atoms with Crippen LogP contribution in [0.4, 0.5) is 0 Å². The number of hydrogen-bond acceptors (Lipinski definition) is 4. The lowest BCUT2D eigenvalue weighted by Gasteiger charge is -2.00. The molecule has 1 aromatic carbocycles. The Hall–Kier alpha value is -1.75. The summed E-state index contributed by atoms with van der Waals surface area (Å²) in [6, 6.07) is 10.3. The third kappa shape index (κ3) is 1.87. The van der Waals surface area contributed by atoms with Crippen molar-refractivity contribution < 1.29 is 8.42 Å². The van der Waals surface area contributed by atoms with Gasteiger partial charge in [0.25, 0.3) is 5.16 Å². The minimum atomic E-state index is -3.58. The van der Waals surface area contributed by atoms with E-state index in [-0.39, 0.29) is 10.1 Å². The lowest BCUT2D eigenvalue weighted by atomic mass is 10.4. The third-order valence-corrected chi connectivity index (χ3v) is 3.36. The van der Waals surface area contributed by atoms with E-state index in [9.17, 15) is 8.42 Å². The fraction of sp³-hybridized carbons (Fsp3) is 0. The summed E-state index contributed by atoms with van der Waals surface area (Å²) in [5, 5.41) is -0.184. The van der Waals surface area contributed by atoms with Crippen LogP contribution in [-0.4, -0.2) is 18.4 Å². The molecule has 0 aliphatic rings. The Balaban J connectivity index is 2.55. The predicted octanol–water partition coefficient (Wildman–Crippen LogP) is 1.11. The summed E-state index contributed by atoms with van der Waals surface area (Å²) in [6.07, 6.45) is 2.80. The average Bonchev–Trinajstić information content (AvgIpc) is 2.31. The van der Waals surface area contributed by atoms with E-state index < -0.39 is 9.84 Å². The van der Waals surface area contributed by atoms with Crippen molar-refractivity contribution in [3.63, 3.8) is 0 Å². The maximum absolute atomic E-state index is 11.9. The van der Waals surface area contributed by atoms with Gasteiger partial charge < -0.3 is 0 Å². The van der Waals surface area contributed by atoms with E-state index in [4.69, 9.17) is 0 Å². The van der Waals surface area contributed by atoms with Crippen molar-refractivity contribution in [1.29, 1.82) is 0 Å². The Bertz CT molecular complexity index is 493. The number of rotatable bonds is 2. The van der Waals surface area contributed by atoms with Gasteiger partial charge in [0.15, 0.2) is 0 Å². The first-order valence-corrected chi connectivity index (χ1v) is 5.68. The largest absolute Gasteiger partial charge is 0.251 e. The maximum atomic E-state index is 11.9. The summed E-state index contributed by atoms with van der Waals surface area (Å²) in [5.74, 6) is 0. The molecule has 4 nitrogen and oxygen atoms in total. The van der Waals surface area contributed by atoms with Crippen LogP contribution in [0.5, 0.6) is 0 Å². The van der Waals surface area contributed by atoms with Gasteiger partial charge >= 0.3 is 0 Å². The summed E-state index contributed by atoms with van der Waals surface area (Å²) in [4.78, 5) is 7.61. The number of benzene rings is 1. The Morgan fingerprint density at radius 1 is 1.07 bits per heavy atom. The fourth-order valence-corrected chi connectivity index (χ4v) is 2.18. The summed E-state index contributed by atoms with van der Waals surface area (Å²) < 4.78 is 23.8. The zero-order chi connectivity index (χ0) is 10.7. The topological polar surface area (TPSA) is 59.9 Å². The number of sulfone groups is 1. The van der Waals surface area contributed by atoms with Gasteiger partial charge in [-0.25, -0.2) is 18.4 Å². The minimum absolute atomic E-state index is 0.174. The summed E-state index contributed by atoms with van der Waals surface area (Å²) in [6.45, 7) is 0. The Morgan fingerprint density at radius 3 is 2.27 bits per heavy atom. The second kappa shape index (κ2) is 3.78. The Kier molecular flexibility index (Phi) is 2.47. The van der Waals surface area contributed by atoms with Crippen molar-refractivity contribution in [3.8, 4) is 0 Å². The van der Waals surface area contributed by atoms with E-state index in [2.05, 4.69) is 16.0 Å². The molecule has 0 amide bonds. The minimum Gasteiger partial charge on any atom is -0.227 e. The van der Waals surface area contributed by atoms with Gasteiger partial charge in [0.05, 0.1) is 4.90 Å². The van der Waals surface area contributed by atoms with Crippen molar-refractivity contribution in [2.75, 3.05) is 0 Å². The molecular formula is C10H7N2O2S. The van der Waals surface area contributed by atoms with Gasteiger partial charge in [0, 0.05) is 12.4 Å². The van der Waals surface area contributed by atoms with Gasteiger partial charge in [0.1, 0.15) is 0 Å². The molecule has 0 bridgehead atoms. The van der Waals surface area contributed by atoms with E-state index in [1.54, 1.807) is 6.07 Å². The van der Waals surface area contributed by atoms with E-state index in [0.29, 0.717) is 0 Å². The smallest absolute Gasteiger partial charge is 0.227 e. The van der Waals surface area contributed by atoms with Gasteiger partial charge in [-0.15, -0.1) is 0 Å². The van der Waals surface area contributed by atoms with Crippen LogP contribution in [0.2, 0.25) is 0 Å². The maximum Gasteiger partial charge on any atom is 0.251 e. The van der Waals surface area contributed by atoms with Gasteiger partial charge in [-0.3, -0.25) is 0 Å². The molecule has 0 spiro atoms. The molecule has 0 N–H and O–H groups in total. The highest BCUT2D eigenvalue weighted by Gasteiger charge is 2.19. The average molecular weight is 219 g/mol.